The minimum atomic E-state index is -5.39. The molecule has 0 heterocycles. The summed E-state index contributed by atoms with van der Waals surface area (Å²) >= 11 is 5.00. The van der Waals surface area contributed by atoms with E-state index in [1.807, 2.05) is 6.92 Å². The van der Waals surface area contributed by atoms with Crippen LogP contribution < -0.4 is 29.4 Å². The highest BCUT2D eigenvalue weighted by atomic mass is 35.5. The van der Waals surface area contributed by atoms with E-state index < -0.39 is 15.6 Å². The van der Waals surface area contributed by atoms with E-state index in [9.17, 15) is 0 Å². The molecule has 0 saturated carbocycles. The van der Waals surface area contributed by atoms with Crippen molar-refractivity contribution in [2.75, 3.05) is 5.88 Å². The molecule has 132 valence electrons. The summed E-state index contributed by atoms with van der Waals surface area (Å²) in [5.74, 6) is 0.722. The zero-order valence-electron chi connectivity index (χ0n) is 11.6. The summed E-state index contributed by atoms with van der Waals surface area (Å²) < 4.78 is 17.1. The van der Waals surface area contributed by atoms with Crippen LogP contribution in [-0.4, -0.2) is 5.88 Å². The van der Waals surface area contributed by atoms with Crippen LogP contribution in [0.15, 0.2) is 0 Å². The van der Waals surface area contributed by atoms with Gasteiger partial charge in [0.25, 0.3) is 0 Å². The third-order valence-corrected chi connectivity index (χ3v) is 0. The second-order valence-corrected chi connectivity index (χ2v) is 6.49. The van der Waals surface area contributed by atoms with Crippen LogP contribution in [0.25, 0.3) is 0 Å². The van der Waals surface area contributed by atoms with E-state index in [2.05, 4.69) is 27.7 Å². The maximum Gasteiger partial charge on any atom is 0.0195 e. The van der Waals surface area contributed by atoms with Gasteiger partial charge < -0.3 is 38.5 Å². The third-order valence-electron chi connectivity index (χ3n) is 0. The first-order chi connectivity index (χ1) is 7.41. The number of hydrogen-bond acceptors (Lipinski definition) is 8. The van der Waals surface area contributed by atoms with Gasteiger partial charge in [-0.05, 0) is 5.41 Å². The van der Waals surface area contributed by atoms with E-state index in [1.165, 1.54) is 0 Å². The second kappa shape index (κ2) is 18.1. The highest BCUT2D eigenvalue weighted by molar-refractivity contribution is 7.40. The molecule has 0 fully saturated rings. The summed E-state index contributed by atoms with van der Waals surface area (Å²) in [6, 6.07) is 0. The Balaban J connectivity index is -0.0000000321. The molecule has 0 bridgehead atoms. The van der Waals surface area contributed by atoms with Crippen LogP contribution in [0.5, 0.6) is 0 Å². The quantitative estimate of drug-likeness (QED) is 0.349. The highest BCUT2D eigenvalue weighted by Crippen LogP contribution is 2.08. The smallest absolute Gasteiger partial charge is 0.0195 e. The molecule has 13 heteroatoms. The second-order valence-electron chi connectivity index (χ2n) is 4.16. The van der Waals surface area contributed by atoms with Crippen molar-refractivity contribution < 1.29 is 38.5 Å². The van der Waals surface area contributed by atoms with E-state index in [4.69, 9.17) is 50.1 Å². The zero-order chi connectivity index (χ0) is 16.2. The van der Waals surface area contributed by atoms with E-state index >= 15 is 0 Å². The summed E-state index contributed by atoms with van der Waals surface area (Å²) in [6.07, 6.45) is 0. The summed E-state index contributed by atoms with van der Waals surface area (Å²) in [6.45, 7) is 10.6. The van der Waals surface area contributed by atoms with Gasteiger partial charge in [0.2, 0.25) is 0 Å². The molecule has 0 aromatic carbocycles. The first kappa shape index (κ1) is 37.4. The normalized spacial score (nSPS) is 9.80. The Morgan fingerprint density at radius 1 is 0.800 bits per heavy atom. The van der Waals surface area contributed by atoms with Crippen LogP contribution in [0.4, 0.5) is 0 Å². The average molecular weight is 400 g/mol. The summed E-state index contributed by atoms with van der Waals surface area (Å²) in [5, 5.41) is 0. The lowest BCUT2D eigenvalue weighted by Gasteiger charge is -2.36. The predicted molar refractivity (Wildman–Crippen MR) is 71.2 cm³/mol. The number of alkyl halides is 1. The van der Waals surface area contributed by atoms with Crippen LogP contribution in [0.3, 0.4) is 0 Å². The lowest BCUT2D eigenvalue weighted by atomic mass is 10.0. The first-order valence-electron chi connectivity index (χ1n) is 4.43. The van der Waals surface area contributed by atoms with Crippen LogP contribution in [0.2, 0.25) is 0 Å². The number of rotatable bonds is 0. The maximum atomic E-state index is 8.55. The fraction of sp³-hybridized carbons (Fsp3) is 1.00. The maximum absolute atomic E-state index is 8.55. The van der Waals surface area contributed by atoms with Crippen LogP contribution >= 0.6 is 52.1 Å². The van der Waals surface area contributed by atoms with Crippen molar-refractivity contribution in [2.45, 2.75) is 34.6 Å². The molecular formula is C7H19Cl3O8P2-6. The van der Waals surface area contributed by atoms with Gasteiger partial charge in [-0.25, -0.2) is 0 Å². The van der Waals surface area contributed by atoms with Gasteiger partial charge in [0, 0.05) is 5.88 Å². The van der Waals surface area contributed by atoms with Gasteiger partial charge in [-0.1, -0.05) is 34.6 Å². The van der Waals surface area contributed by atoms with Gasteiger partial charge >= 0.3 is 0 Å². The van der Waals surface area contributed by atoms with Gasteiger partial charge in [-0.2, -0.15) is 15.6 Å². The molecule has 0 N–H and O–H groups in total. The van der Waals surface area contributed by atoms with Crippen molar-refractivity contribution in [3.8, 4) is 0 Å². The Morgan fingerprint density at radius 3 is 0.800 bits per heavy atom. The Labute approximate surface area is 136 Å². The minimum Gasteiger partial charge on any atom is -0.822 e. The minimum absolute atomic E-state index is 0. The predicted octanol–water partition coefficient (Wildman–Crippen LogP) is -1.51. The molecule has 0 unspecified atom stereocenters. The van der Waals surface area contributed by atoms with Gasteiger partial charge in [0.1, 0.15) is 0 Å². The van der Waals surface area contributed by atoms with Crippen LogP contribution in [-0.2, 0) is 9.13 Å². The van der Waals surface area contributed by atoms with Gasteiger partial charge in [0.15, 0.2) is 0 Å². The fourth-order valence-electron chi connectivity index (χ4n) is 0. The Bertz CT molecular complexity index is 217. The van der Waals surface area contributed by atoms with Crippen molar-refractivity contribution in [3.05, 3.63) is 0 Å². The SMILES string of the molecule is CC(C)(C)C.CCCl.Cl.Cl.O=P([O-])([O-])[O-].O=P([O-])([O-])[O-]. The van der Waals surface area contributed by atoms with E-state index in [-0.39, 0.29) is 24.8 Å². The molecule has 0 spiro atoms. The number of hydrogen-bond donors (Lipinski definition) is 0. The first-order valence-corrected chi connectivity index (χ1v) is 7.89. The number of phosphoric acid groups is 2. The van der Waals surface area contributed by atoms with Crippen LogP contribution in [0, 0.1) is 5.41 Å². The monoisotopic (exact) mass is 398 g/mol. The summed E-state index contributed by atoms with van der Waals surface area (Å²) in [7, 11) is -10.8. The molecule has 0 saturated heterocycles. The van der Waals surface area contributed by atoms with Crippen molar-refractivity contribution >= 4 is 52.1 Å². The van der Waals surface area contributed by atoms with Crippen molar-refractivity contribution in [3.63, 3.8) is 0 Å². The molecule has 20 heavy (non-hydrogen) atoms. The number of halogens is 3. The summed E-state index contributed by atoms with van der Waals surface area (Å²) in [5.41, 5.74) is 0.500. The topological polar surface area (TPSA) is 172 Å². The van der Waals surface area contributed by atoms with Crippen molar-refractivity contribution in [1.29, 1.82) is 0 Å². The third kappa shape index (κ3) is 5260. The van der Waals surface area contributed by atoms with E-state index in [0.717, 1.165) is 5.88 Å². The summed E-state index contributed by atoms with van der Waals surface area (Å²) in [4.78, 5) is 51.3. The molecule has 0 aromatic rings. The molecule has 8 nitrogen and oxygen atoms in total. The lowest BCUT2D eigenvalue weighted by Crippen LogP contribution is -2.24. The molecule has 0 aliphatic carbocycles. The van der Waals surface area contributed by atoms with Crippen LogP contribution in [0.1, 0.15) is 34.6 Å². The van der Waals surface area contributed by atoms with Gasteiger partial charge in [0.05, 0.1) is 0 Å². The lowest BCUT2D eigenvalue weighted by molar-refractivity contribution is -0.434. The highest BCUT2D eigenvalue weighted by Gasteiger charge is 1.95. The van der Waals surface area contributed by atoms with Gasteiger partial charge in [-0.15, -0.1) is 36.4 Å². The van der Waals surface area contributed by atoms with E-state index in [0.29, 0.717) is 5.41 Å². The Kier molecular flexibility index (Phi) is 33.9. The molecule has 0 radical (unpaired) electrons. The van der Waals surface area contributed by atoms with E-state index in [1.54, 1.807) is 0 Å². The molecule has 0 atom stereocenters. The molecule has 0 rings (SSSR count). The standard InChI is InChI=1S/C5H12.C2H5Cl.2ClH.2H3O4P/c1-5(2,3)4;1-2-3;;;2*1-5(2,3)4/h1-4H3;2H2,1H3;2*1H;2*(H3,1,2,3,4)/p-6. The molecule has 0 aliphatic heterocycles. The fourth-order valence-corrected chi connectivity index (χ4v) is 0. The Morgan fingerprint density at radius 2 is 0.800 bits per heavy atom. The average Bonchev–Trinajstić information content (AvgIpc) is 1.71. The molecule has 0 amide bonds. The Hall–Kier alpha value is 1.09. The van der Waals surface area contributed by atoms with Crippen molar-refractivity contribution in [1.82, 2.24) is 0 Å². The largest absolute Gasteiger partial charge is 0.822 e. The zero-order valence-corrected chi connectivity index (χ0v) is 15.7. The van der Waals surface area contributed by atoms with Crippen molar-refractivity contribution in [2.24, 2.45) is 5.41 Å². The molecular weight excluding hydrogens is 380 g/mol. The molecule has 0 aromatic heterocycles. The van der Waals surface area contributed by atoms with Gasteiger partial charge in [-0.3, -0.25) is 0 Å². The molecule has 0 aliphatic rings.